The summed E-state index contributed by atoms with van der Waals surface area (Å²) in [4.78, 5) is 7.82. The van der Waals surface area contributed by atoms with Gasteiger partial charge in [0.1, 0.15) is 5.82 Å². The molecule has 0 radical (unpaired) electrons. The van der Waals surface area contributed by atoms with Crippen molar-refractivity contribution in [3.05, 3.63) is 30.3 Å². The SMILES string of the molecule is COc1cc(-c2nc3ccc(N)cc3[nH]2)cc(OC)c1OC. The van der Waals surface area contributed by atoms with Gasteiger partial charge < -0.3 is 24.9 Å². The number of imidazole rings is 1. The molecule has 0 bridgehead atoms. The lowest BCUT2D eigenvalue weighted by Crippen LogP contribution is -1.96. The second-order valence-corrected chi connectivity index (χ2v) is 4.78. The maximum atomic E-state index is 5.80. The molecule has 3 aromatic rings. The van der Waals surface area contributed by atoms with Crippen LogP contribution in [0.1, 0.15) is 0 Å². The Hall–Kier alpha value is -2.89. The normalized spacial score (nSPS) is 10.7. The van der Waals surface area contributed by atoms with Crippen LogP contribution in [-0.4, -0.2) is 31.3 Å². The number of anilines is 1. The first-order chi connectivity index (χ1) is 10.7. The highest BCUT2D eigenvalue weighted by molar-refractivity contribution is 5.82. The third-order valence-corrected chi connectivity index (χ3v) is 3.44. The van der Waals surface area contributed by atoms with E-state index in [0.717, 1.165) is 16.6 Å². The van der Waals surface area contributed by atoms with Gasteiger partial charge in [0.15, 0.2) is 11.5 Å². The number of aromatic amines is 1. The van der Waals surface area contributed by atoms with Gasteiger partial charge >= 0.3 is 0 Å². The molecular weight excluding hydrogens is 282 g/mol. The Kier molecular flexibility index (Phi) is 3.50. The van der Waals surface area contributed by atoms with E-state index < -0.39 is 0 Å². The fourth-order valence-corrected chi connectivity index (χ4v) is 2.38. The minimum atomic E-state index is 0.550. The van der Waals surface area contributed by atoms with Crippen LogP contribution >= 0.6 is 0 Å². The molecule has 0 aliphatic heterocycles. The van der Waals surface area contributed by atoms with Crippen molar-refractivity contribution in [2.24, 2.45) is 0 Å². The van der Waals surface area contributed by atoms with Crippen molar-refractivity contribution in [3.8, 4) is 28.6 Å². The lowest BCUT2D eigenvalue weighted by Gasteiger charge is -2.13. The van der Waals surface area contributed by atoms with E-state index in [4.69, 9.17) is 19.9 Å². The average molecular weight is 299 g/mol. The van der Waals surface area contributed by atoms with Gasteiger partial charge in [0.05, 0.1) is 32.4 Å². The number of nitrogens with zero attached hydrogens (tertiary/aromatic N) is 1. The van der Waals surface area contributed by atoms with Crippen LogP contribution in [0.5, 0.6) is 17.2 Å². The van der Waals surface area contributed by atoms with Crippen molar-refractivity contribution in [1.29, 1.82) is 0 Å². The number of hydrogen-bond acceptors (Lipinski definition) is 5. The number of aromatic nitrogens is 2. The Morgan fingerprint density at radius 3 is 2.23 bits per heavy atom. The average Bonchev–Trinajstić information content (AvgIpc) is 2.96. The Bertz CT molecular complexity index is 802. The highest BCUT2D eigenvalue weighted by atomic mass is 16.5. The lowest BCUT2D eigenvalue weighted by atomic mass is 10.1. The number of H-pyrrole nitrogens is 1. The summed E-state index contributed by atoms with van der Waals surface area (Å²) in [6.45, 7) is 0. The maximum absolute atomic E-state index is 5.80. The summed E-state index contributed by atoms with van der Waals surface area (Å²) < 4.78 is 16.1. The fourth-order valence-electron chi connectivity index (χ4n) is 2.38. The van der Waals surface area contributed by atoms with Crippen molar-refractivity contribution in [2.45, 2.75) is 0 Å². The number of nitrogens with two attached hydrogens (primary N) is 1. The zero-order valence-electron chi connectivity index (χ0n) is 12.6. The first-order valence-corrected chi connectivity index (χ1v) is 6.72. The second kappa shape index (κ2) is 5.48. The van der Waals surface area contributed by atoms with Crippen LogP contribution in [0.3, 0.4) is 0 Å². The van der Waals surface area contributed by atoms with Gasteiger partial charge in [-0.1, -0.05) is 0 Å². The molecule has 0 aliphatic rings. The van der Waals surface area contributed by atoms with Gasteiger partial charge in [-0.05, 0) is 30.3 Å². The molecule has 114 valence electrons. The van der Waals surface area contributed by atoms with Crippen molar-refractivity contribution in [2.75, 3.05) is 27.1 Å². The molecule has 2 aromatic carbocycles. The molecule has 1 aromatic heterocycles. The molecule has 22 heavy (non-hydrogen) atoms. The molecule has 0 aliphatic carbocycles. The monoisotopic (exact) mass is 299 g/mol. The van der Waals surface area contributed by atoms with Crippen LogP contribution in [0.15, 0.2) is 30.3 Å². The fraction of sp³-hybridized carbons (Fsp3) is 0.188. The molecule has 1 heterocycles. The van der Waals surface area contributed by atoms with Crippen LogP contribution in [0.4, 0.5) is 5.69 Å². The third kappa shape index (κ3) is 2.28. The minimum Gasteiger partial charge on any atom is -0.493 e. The molecule has 0 spiro atoms. The van der Waals surface area contributed by atoms with Gasteiger partial charge in [0.25, 0.3) is 0 Å². The molecule has 3 rings (SSSR count). The maximum Gasteiger partial charge on any atom is 0.203 e. The molecule has 6 nitrogen and oxygen atoms in total. The molecule has 0 unspecified atom stereocenters. The minimum absolute atomic E-state index is 0.550. The number of methoxy groups -OCH3 is 3. The zero-order chi connectivity index (χ0) is 15.7. The number of ether oxygens (including phenoxy) is 3. The van der Waals surface area contributed by atoms with E-state index in [-0.39, 0.29) is 0 Å². The molecule has 0 amide bonds. The van der Waals surface area contributed by atoms with Crippen molar-refractivity contribution in [1.82, 2.24) is 9.97 Å². The molecule has 6 heteroatoms. The molecule has 3 N–H and O–H groups in total. The van der Waals surface area contributed by atoms with E-state index in [0.29, 0.717) is 28.8 Å². The van der Waals surface area contributed by atoms with E-state index in [1.165, 1.54) is 0 Å². The van der Waals surface area contributed by atoms with E-state index >= 15 is 0 Å². The number of rotatable bonds is 4. The van der Waals surface area contributed by atoms with Crippen LogP contribution in [0, 0.1) is 0 Å². The number of nitrogens with one attached hydrogen (secondary N) is 1. The van der Waals surface area contributed by atoms with Gasteiger partial charge in [-0.25, -0.2) is 4.98 Å². The number of hydrogen-bond donors (Lipinski definition) is 2. The molecule has 0 atom stereocenters. The van der Waals surface area contributed by atoms with Crippen molar-refractivity contribution >= 4 is 16.7 Å². The lowest BCUT2D eigenvalue weighted by molar-refractivity contribution is 0.324. The summed E-state index contributed by atoms with van der Waals surface area (Å²) in [6.07, 6.45) is 0. The Morgan fingerprint density at radius 2 is 1.64 bits per heavy atom. The second-order valence-electron chi connectivity index (χ2n) is 4.78. The summed E-state index contributed by atoms with van der Waals surface area (Å²) in [7, 11) is 4.74. The molecular formula is C16H17N3O3. The zero-order valence-corrected chi connectivity index (χ0v) is 12.6. The van der Waals surface area contributed by atoms with Crippen LogP contribution < -0.4 is 19.9 Å². The van der Waals surface area contributed by atoms with E-state index in [1.807, 2.05) is 30.3 Å². The first-order valence-electron chi connectivity index (χ1n) is 6.72. The van der Waals surface area contributed by atoms with E-state index in [9.17, 15) is 0 Å². The Morgan fingerprint density at radius 1 is 0.955 bits per heavy atom. The van der Waals surface area contributed by atoms with Gasteiger partial charge in [0.2, 0.25) is 5.75 Å². The molecule has 0 saturated heterocycles. The largest absolute Gasteiger partial charge is 0.493 e. The summed E-state index contributed by atoms with van der Waals surface area (Å²) in [5, 5.41) is 0. The Balaban J connectivity index is 2.17. The van der Waals surface area contributed by atoms with E-state index in [2.05, 4.69) is 9.97 Å². The number of benzene rings is 2. The van der Waals surface area contributed by atoms with Crippen molar-refractivity contribution < 1.29 is 14.2 Å². The van der Waals surface area contributed by atoms with Gasteiger partial charge in [-0.3, -0.25) is 0 Å². The molecule has 0 saturated carbocycles. The summed E-state index contributed by atoms with van der Waals surface area (Å²) in [6, 6.07) is 9.25. The highest BCUT2D eigenvalue weighted by Crippen LogP contribution is 2.40. The molecule has 0 fully saturated rings. The quantitative estimate of drug-likeness (QED) is 0.724. The predicted molar refractivity (Wildman–Crippen MR) is 85.6 cm³/mol. The number of fused-ring (bicyclic) bond motifs is 1. The van der Waals surface area contributed by atoms with Gasteiger partial charge in [-0.2, -0.15) is 0 Å². The number of nitrogen functional groups attached to an aromatic ring is 1. The Labute approximate surface area is 127 Å². The van der Waals surface area contributed by atoms with Crippen LogP contribution in [0.2, 0.25) is 0 Å². The first kappa shape index (κ1) is 14.1. The smallest absolute Gasteiger partial charge is 0.203 e. The standard InChI is InChI=1S/C16H17N3O3/c1-20-13-6-9(7-14(21-2)15(13)22-3)16-18-11-5-4-10(17)8-12(11)19-16/h4-8H,17H2,1-3H3,(H,18,19). The van der Waals surface area contributed by atoms with Gasteiger partial charge in [0, 0.05) is 11.3 Å². The van der Waals surface area contributed by atoms with E-state index in [1.54, 1.807) is 21.3 Å². The van der Waals surface area contributed by atoms with Crippen molar-refractivity contribution in [3.63, 3.8) is 0 Å². The van der Waals surface area contributed by atoms with Crippen LogP contribution in [-0.2, 0) is 0 Å². The van der Waals surface area contributed by atoms with Crippen LogP contribution in [0.25, 0.3) is 22.4 Å². The summed E-state index contributed by atoms with van der Waals surface area (Å²) in [5.41, 5.74) is 9.05. The topological polar surface area (TPSA) is 82.4 Å². The third-order valence-electron chi connectivity index (χ3n) is 3.44. The van der Waals surface area contributed by atoms with Gasteiger partial charge in [-0.15, -0.1) is 0 Å². The predicted octanol–water partition coefficient (Wildman–Crippen LogP) is 2.84. The highest BCUT2D eigenvalue weighted by Gasteiger charge is 2.16. The summed E-state index contributed by atoms with van der Waals surface area (Å²) >= 11 is 0. The summed E-state index contributed by atoms with van der Waals surface area (Å²) in [5.74, 6) is 2.42.